The standard InChI is InChI=1S/C9H16N4O2S2/c1-7(6-16-2)3-13-17(14,15)8-4-11-9(10)12-5-8/h4-5,7,13H,3,6H2,1-2H3,(H2,10,11,12). The molecule has 0 radical (unpaired) electrons. The molecule has 1 aromatic heterocycles. The van der Waals surface area contributed by atoms with Crippen LogP contribution in [0.15, 0.2) is 17.3 Å². The highest BCUT2D eigenvalue weighted by Gasteiger charge is 2.15. The number of hydrogen-bond donors (Lipinski definition) is 2. The van der Waals surface area contributed by atoms with Crippen LogP contribution in [0.25, 0.3) is 0 Å². The predicted molar refractivity (Wildman–Crippen MR) is 69.2 cm³/mol. The van der Waals surface area contributed by atoms with Crippen molar-refractivity contribution in [2.75, 3.05) is 24.3 Å². The number of nitrogens with zero attached hydrogens (tertiary/aromatic N) is 2. The van der Waals surface area contributed by atoms with Gasteiger partial charge in [-0.1, -0.05) is 6.92 Å². The molecule has 96 valence electrons. The molecule has 0 aliphatic heterocycles. The Morgan fingerprint density at radius 3 is 2.59 bits per heavy atom. The summed E-state index contributed by atoms with van der Waals surface area (Å²) >= 11 is 1.68. The first-order chi connectivity index (χ1) is 7.95. The Morgan fingerprint density at radius 2 is 2.06 bits per heavy atom. The van der Waals surface area contributed by atoms with Gasteiger partial charge >= 0.3 is 0 Å². The third kappa shape index (κ3) is 4.49. The molecule has 8 heteroatoms. The van der Waals surface area contributed by atoms with Crippen molar-refractivity contribution in [3.63, 3.8) is 0 Å². The molecule has 0 aliphatic rings. The summed E-state index contributed by atoms with van der Waals surface area (Å²) in [6.07, 6.45) is 4.38. The normalized spacial score (nSPS) is 13.5. The summed E-state index contributed by atoms with van der Waals surface area (Å²) < 4.78 is 26.1. The number of aromatic nitrogens is 2. The predicted octanol–water partition coefficient (Wildman–Crippen LogP) is 0.336. The highest BCUT2D eigenvalue weighted by atomic mass is 32.2. The SMILES string of the molecule is CSCC(C)CNS(=O)(=O)c1cnc(N)nc1. The molecule has 1 aromatic rings. The lowest BCUT2D eigenvalue weighted by molar-refractivity contribution is 0.562. The van der Waals surface area contributed by atoms with Gasteiger partial charge in [0.2, 0.25) is 16.0 Å². The van der Waals surface area contributed by atoms with E-state index in [2.05, 4.69) is 14.7 Å². The number of nitrogens with two attached hydrogens (primary N) is 1. The topological polar surface area (TPSA) is 98.0 Å². The zero-order chi connectivity index (χ0) is 12.9. The van der Waals surface area contributed by atoms with Gasteiger partial charge in [-0.15, -0.1) is 0 Å². The van der Waals surface area contributed by atoms with Gasteiger partial charge in [-0.3, -0.25) is 0 Å². The summed E-state index contributed by atoms with van der Waals surface area (Å²) in [6, 6.07) is 0. The van der Waals surface area contributed by atoms with Gasteiger partial charge in [0.25, 0.3) is 0 Å². The molecule has 1 atom stereocenters. The molecule has 17 heavy (non-hydrogen) atoms. The van der Waals surface area contributed by atoms with Gasteiger partial charge in [0.15, 0.2) is 0 Å². The molecule has 0 aliphatic carbocycles. The van der Waals surface area contributed by atoms with Crippen molar-refractivity contribution >= 4 is 27.7 Å². The average Bonchev–Trinajstić information content (AvgIpc) is 2.28. The smallest absolute Gasteiger partial charge is 0.243 e. The molecular formula is C9H16N4O2S2. The van der Waals surface area contributed by atoms with E-state index in [0.29, 0.717) is 6.54 Å². The Balaban J connectivity index is 2.66. The van der Waals surface area contributed by atoms with Crippen LogP contribution in [-0.4, -0.2) is 36.9 Å². The third-order valence-corrected chi connectivity index (χ3v) is 4.31. The van der Waals surface area contributed by atoms with Gasteiger partial charge in [0, 0.05) is 6.54 Å². The van der Waals surface area contributed by atoms with Crippen LogP contribution in [-0.2, 0) is 10.0 Å². The molecule has 6 nitrogen and oxygen atoms in total. The van der Waals surface area contributed by atoms with Crippen molar-refractivity contribution in [3.8, 4) is 0 Å². The Hall–Kier alpha value is -0.860. The monoisotopic (exact) mass is 276 g/mol. The number of anilines is 1. The Kier molecular flexibility index (Phi) is 5.16. The van der Waals surface area contributed by atoms with Crippen molar-refractivity contribution in [1.82, 2.24) is 14.7 Å². The Labute approximate surface area is 105 Å². The summed E-state index contributed by atoms with van der Waals surface area (Å²) in [5.41, 5.74) is 5.29. The quantitative estimate of drug-likeness (QED) is 0.777. The fourth-order valence-electron chi connectivity index (χ4n) is 1.14. The highest BCUT2D eigenvalue weighted by Crippen LogP contribution is 2.08. The number of thioether (sulfide) groups is 1. The minimum atomic E-state index is -3.53. The second-order valence-electron chi connectivity index (χ2n) is 3.69. The van der Waals surface area contributed by atoms with E-state index < -0.39 is 10.0 Å². The van der Waals surface area contributed by atoms with Crippen LogP contribution in [0.1, 0.15) is 6.92 Å². The number of rotatable bonds is 6. The van der Waals surface area contributed by atoms with Crippen molar-refractivity contribution in [1.29, 1.82) is 0 Å². The van der Waals surface area contributed by atoms with Crippen LogP contribution in [0.2, 0.25) is 0 Å². The van der Waals surface area contributed by atoms with Crippen LogP contribution in [0, 0.1) is 5.92 Å². The lowest BCUT2D eigenvalue weighted by Gasteiger charge is -2.11. The van der Waals surface area contributed by atoms with Gasteiger partial charge in [-0.25, -0.2) is 23.1 Å². The van der Waals surface area contributed by atoms with E-state index in [1.54, 1.807) is 11.8 Å². The molecule has 0 bridgehead atoms. The Bertz CT molecular complexity index is 447. The second-order valence-corrected chi connectivity index (χ2v) is 6.37. The molecule has 1 rings (SSSR count). The second kappa shape index (κ2) is 6.18. The van der Waals surface area contributed by atoms with Crippen molar-refractivity contribution in [2.24, 2.45) is 5.92 Å². The third-order valence-electron chi connectivity index (χ3n) is 2.03. The summed E-state index contributed by atoms with van der Waals surface area (Å²) in [6.45, 7) is 2.38. The lowest BCUT2D eigenvalue weighted by atomic mass is 10.2. The largest absolute Gasteiger partial charge is 0.368 e. The fourth-order valence-corrected chi connectivity index (χ4v) is 2.88. The van der Waals surface area contributed by atoms with Gasteiger partial charge < -0.3 is 5.73 Å². The molecule has 0 fully saturated rings. The van der Waals surface area contributed by atoms with E-state index in [9.17, 15) is 8.42 Å². The first-order valence-corrected chi connectivity index (χ1v) is 7.89. The number of nitrogens with one attached hydrogen (secondary N) is 1. The molecular weight excluding hydrogens is 260 g/mol. The fraction of sp³-hybridized carbons (Fsp3) is 0.556. The first kappa shape index (κ1) is 14.2. The minimum Gasteiger partial charge on any atom is -0.368 e. The molecule has 0 aromatic carbocycles. The number of hydrogen-bond acceptors (Lipinski definition) is 6. The molecule has 1 unspecified atom stereocenters. The molecule has 0 spiro atoms. The van der Waals surface area contributed by atoms with E-state index >= 15 is 0 Å². The number of sulfonamides is 1. The van der Waals surface area contributed by atoms with E-state index in [1.807, 2.05) is 13.2 Å². The van der Waals surface area contributed by atoms with E-state index in [-0.39, 0.29) is 16.8 Å². The summed E-state index contributed by atoms with van der Waals surface area (Å²) in [4.78, 5) is 7.34. The van der Waals surface area contributed by atoms with Crippen LogP contribution in [0.5, 0.6) is 0 Å². The molecule has 0 saturated carbocycles. The van der Waals surface area contributed by atoms with Gasteiger partial charge in [0.05, 0.1) is 12.4 Å². The molecule has 3 N–H and O–H groups in total. The van der Waals surface area contributed by atoms with Crippen LogP contribution in [0.3, 0.4) is 0 Å². The van der Waals surface area contributed by atoms with E-state index in [0.717, 1.165) is 5.75 Å². The van der Waals surface area contributed by atoms with Crippen molar-refractivity contribution in [2.45, 2.75) is 11.8 Å². The van der Waals surface area contributed by atoms with Gasteiger partial charge in [-0.05, 0) is 17.9 Å². The van der Waals surface area contributed by atoms with E-state index in [4.69, 9.17) is 5.73 Å². The molecule has 0 amide bonds. The molecule has 1 heterocycles. The van der Waals surface area contributed by atoms with Gasteiger partial charge in [-0.2, -0.15) is 11.8 Å². The lowest BCUT2D eigenvalue weighted by Crippen LogP contribution is -2.29. The van der Waals surface area contributed by atoms with Crippen molar-refractivity contribution in [3.05, 3.63) is 12.4 Å². The maximum absolute atomic E-state index is 11.8. The Morgan fingerprint density at radius 1 is 1.47 bits per heavy atom. The maximum Gasteiger partial charge on any atom is 0.243 e. The highest BCUT2D eigenvalue weighted by molar-refractivity contribution is 7.98. The minimum absolute atomic E-state index is 0.0306. The number of nitrogen functional groups attached to an aromatic ring is 1. The summed E-state index contributed by atoms with van der Waals surface area (Å²) in [5, 5.41) is 0. The summed E-state index contributed by atoms with van der Waals surface area (Å²) in [7, 11) is -3.53. The summed E-state index contributed by atoms with van der Waals surface area (Å²) in [5.74, 6) is 1.23. The van der Waals surface area contributed by atoms with Crippen LogP contribution >= 0.6 is 11.8 Å². The average molecular weight is 276 g/mol. The van der Waals surface area contributed by atoms with E-state index in [1.165, 1.54) is 12.4 Å². The van der Waals surface area contributed by atoms with Crippen LogP contribution < -0.4 is 10.5 Å². The van der Waals surface area contributed by atoms with Crippen molar-refractivity contribution < 1.29 is 8.42 Å². The zero-order valence-corrected chi connectivity index (χ0v) is 11.4. The maximum atomic E-state index is 11.8. The zero-order valence-electron chi connectivity index (χ0n) is 9.75. The van der Waals surface area contributed by atoms with Gasteiger partial charge in [0.1, 0.15) is 4.90 Å². The van der Waals surface area contributed by atoms with Crippen LogP contribution in [0.4, 0.5) is 5.95 Å². The first-order valence-electron chi connectivity index (χ1n) is 5.02. The molecule has 0 saturated heterocycles.